The first-order chi connectivity index (χ1) is 12.1. The molecule has 1 aromatic rings. The molecule has 1 aliphatic rings. The van der Waals surface area contributed by atoms with Gasteiger partial charge in [-0.3, -0.25) is 4.79 Å². The van der Waals surface area contributed by atoms with Crippen LogP contribution in [0.4, 0.5) is 0 Å². The number of hydrogen-bond donors (Lipinski definition) is 2. The number of rotatable bonds is 9. The van der Waals surface area contributed by atoms with Crippen LogP contribution in [0, 0.1) is 0 Å². The molecule has 0 aliphatic carbocycles. The fraction of sp³-hybridized carbons (Fsp3) is 0.611. The lowest BCUT2D eigenvalue weighted by molar-refractivity contribution is -0.122. The number of methoxy groups -OCH3 is 2. The molecule has 1 heterocycles. The minimum Gasteiger partial charge on any atom is -0.493 e. The minimum absolute atomic E-state index is 0. The van der Waals surface area contributed by atoms with Gasteiger partial charge in [-0.2, -0.15) is 0 Å². The predicted octanol–water partition coefficient (Wildman–Crippen LogP) is 1.70. The summed E-state index contributed by atoms with van der Waals surface area (Å²) in [4.78, 5) is 12.2. The molecule has 1 aliphatic heterocycles. The topological polar surface area (TPSA) is 78.1 Å². The second-order valence-electron chi connectivity index (χ2n) is 5.97. The Morgan fingerprint density at radius 2 is 2.15 bits per heavy atom. The number of hydrogen-bond acceptors (Lipinski definition) is 6. The standard InChI is InChI=1S/C18H28N2O5.ClH/c1-13(20-18(21)11-15-12-24-7-6-19-15)14-4-5-16(17(10-14)23-3)25-9-8-22-2;/h4-5,10,13,15,19H,6-9,11-12H2,1-3H3,(H,20,21);1H. The fourth-order valence-corrected chi connectivity index (χ4v) is 2.67. The summed E-state index contributed by atoms with van der Waals surface area (Å²) in [7, 11) is 3.23. The van der Waals surface area contributed by atoms with Crippen molar-refractivity contribution in [2.45, 2.75) is 25.4 Å². The van der Waals surface area contributed by atoms with Crippen LogP contribution in [-0.2, 0) is 14.3 Å². The van der Waals surface area contributed by atoms with E-state index in [-0.39, 0.29) is 30.4 Å². The van der Waals surface area contributed by atoms with E-state index in [1.807, 2.05) is 25.1 Å². The summed E-state index contributed by atoms with van der Waals surface area (Å²) in [6.07, 6.45) is 0.402. The highest BCUT2D eigenvalue weighted by Crippen LogP contribution is 2.30. The van der Waals surface area contributed by atoms with E-state index in [0.717, 1.165) is 12.1 Å². The second-order valence-corrected chi connectivity index (χ2v) is 5.97. The van der Waals surface area contributed by atoms with Gasteiger partial charge in [0.2, 0.25) is 5.91 Å². The van der Waals surface area contributed by atoms with Crippen LogP contribution in [0.5, 0.6) is 11.5 Å². The molecule has 1 fully saturated rings. The molecule has 148 valence electrons. The van der Waals surface area contributed by atoms with Crippen molar-refractivity contribution in [3.63, 3.8) is 0 Å². The van der Waals surface area contributed by atoms with E-state index in [0.29, 0.717) is 44.3 Å². The van der Waals surface area contributed by atoms with E-state index in [4.69, 9.17) is 18.9 Å². The molecule has 1 saturated heterocycles. The molecule has 26 heavy (non-hydrogen) atoms. The highest BCUT2D eigenvalue weighted by molar-refractivity contribution is 5.85. The first-order valence-corrected chi connectivity index (χ1v) is 8.54. The van der Waals surface area contributed by atoms with E-state index < -0.39 is 0 Å². The zero-order chi connectivity index (χ0) is 18.1. The largest absolute Gasteiger partial charge is 0.493 e. The third-order valence-corrected chi connectivity index (χ3v) is 4.04. The molecule has 0 spiro atoms. The molecule has 1 amide bonds. The number of ether oxygens (including phenoxy) is 4. The van der Waals surface area contributed by atoms with E-state index >= 15 is 0 Å². The van der Waals surface area contributed by atoms with Crippen LogP contribution in [0.1, 0.15) is 24.9 Å². The molecule has 7 nitrogen and oxygen atoms in total. The molecular formula is C18H29ClN2O5. The maximum atomic E-state index is 12.2. The molecule has 0 radical (unpaired) electrons. The summed E-state index contributed by atoms with van der Waals surface area (Å²) in [6, 6.07) is 5.61. The lowest BCUT2D eigenvalue weighted by Crippen LogP contribution is -2.44. The smallest absolute Gasteiger partial charge is 0.222 e. The van der Waals surface area contributed by atoms with Gasteiger partial charge in [0, 0.05) is 26.1 Å². The van der Waals surface area contributed by atoms with Crippen LogP contribution < -0.4 is 20.1 Å². The van der Waals surface area contributed by atoms with Gasteiger partial charge in [0.05, 0.1) is 33.0 Å². The first-order valence-electron chi connectivity index (χ1n) is 8.54. The molecular weight excluding hydrogens is 360 g/mol. The minimum atomic E-state index is -0.126. The molecule has 0 saturated carbocycles. The molecule has 2 rings (SSSR count). The third-order valence-electron chi connectivity index (χ3n) is 4.04. The van der Waals surface area contributed by atoms with E-state index in [1.165, 1.54) is 0 Å². The predicted molar refractivity (Wildman–Crippen MR) is 101 cm³/mol. The van der Waals surface area contributed by atoms with Crippen LogP contribution in [-0.4, -0.2) is 59.1 Å². The average molecular weight is 389 g/mol. The van der Waals surface area contributed by atoms with Gasteiger partial charge in [-0.25, -0.2) is 0 Å². The van der Waals surface area contributed by atoms with Gasteiger partial charge in [0.25, 0.3) is 0 Å². The van der Waals surface area contributed by atoms with Gasteiger partial charge < -0.3 is 29.6 Å². The zero-order valence-corrected chi connectivity index (χ0v) is 16.4. The van der Waals surface area contributed by atoms with Gasteiger partial charge >= 0.3 is 0 Å². The Morgan fingerprint density at radius 3 is 2.81 bits per heavy atom. The Hall–Kier alpha value is -1.54. The lowest BCUT2D eigenvalue weighted by atomic mass is 10.1. The quantitative estimate of drug-likeness (QED) is 0.627. The average Bonchev–Trinajstić information content (AvgIpc) is 2.62. The molecule has 2 atom stereocenters. The number of carbonyl (C=O) groups is 1. The van der Waals surface area contributed by atoms with Crippen LogP contribution in [0.2, 0.25) is 0 Å². The van der Waals surface area contributed by atoms with Crippen molar-refractivity contribution >= 4 is 18.3 Å². The number of carbonyl (C=O) groups excluding carboxylic acids is 1. The van der Waals surface area contributed by atoms with Gasteiger partial charge in [0.15, 0.2) is 11.5 Å². The third kappa shape index (κ3) is 6.99. The summed E-state index contributed by atoms with van der Waals surface area (Å²) in [5, 5.41) is 6.30. The molecule has 2 N–H and O–H groups in total. The van der Waals surface area contributed by atoms with Crippen LogP contribution in [0.15, 0.2) is 18.2 Å². The summed E-state index contributed by atoms with van der Waals surface area (Å²) in [5.41, 5.74) is 0.956. The van der Waals surface area contributed by atoms with Crippen molar-refractivity contribution in [3.05, 3.63) is 23.8 Å². The van der Waals surface area contributed by atoms with Crippen molar-refractivity contribution in [3.8, 4) is 11.5 Å². The summed E-state index contributed by atoms with van der Waals surface area (Å²) >= 11 is 0. The number of halogens is 1. The molecule has 2 unspecified atom stereocenters. The number of morpholine rings is 1. The highest BCUT2D eigenvalue weighted by atomic mass is 35.5. The Balaban J connectivity index is 0.00000338. The van der Waals surface area contributed by atoms with Crippen molar-refractivity contribution in [2.75, 3.05) is 47.2 Å². The van der Waals surface area contributed by atoms with E-state index in [1.54, 1.807) is 14.2 Å². The van der Waals surface area contributed by atoms with Gasteiger partial charge in [-0.1, -0.05) is 6.07 Å². The number of benzene rings is 1. The molecule has 0 aromatic heterocycles. The molecule has 1 aromatic carbocycles. The summed E-state index contributed by atoms with van der Waals surface area (Å²) < 4.78 is 21.4. The normalized spacial score (nSPS) is 17.7. The van der Waals surface area contributed by atoms with Crippen molar-refractivity contribution in [2.24, 2.45) is 0 Å². The van der Waals surface area contributed by atoms with Gasteiger partial charge in [0.1, 0.15) is 6.61 Å². The lowest BCUT2D eigenvalue weighted by Gasteiger charge is -2.24. The summed E-state index contributed by atoms with van der Waals surface area (Å²) in [5.74, 6) is 1.29. The molecule has 8 heteroatoms. The highest BCUT2D eigenvalue weighted by Gasteiger charge is 2.19. The maximum Gasteiger partial charge on any atom is 0.222 e. The van der Waals surface area contributed by atoms with Crippen molar-refractivity contribution in [1.82, 2.24) is 10.6 Å². The van der Waals surface area contributed by atoms with Crippen LogP contribution in [0.25, 0.3) is 0 Å². The van der Waals surface area contributed by atoms with Gasteiger partial charge in [-0.15, -0.1) is 12.4 Å². The van der Waals surface area contributed by atoms with Crippen molar-refractivity contribution < 1.29 is 23.7 Å². The monoisotopic (exact) mass is 388 g/mol. The van der Waals surface area contributed by atoms with Gasteiger partial charge in [-0.05, 0) is 24.6 Å². The fourth-order valence-electron chi connectivity index (χ4n) is 2.67. The van der Waals surface area contributed by atoms with E-state index in [2.05, 4.69) is 10.6 Å². The summed E-state index contributed by atoms with van der Waals surface area (Å²) in [6.45, 7) is 4.97. The first kappa shape index (κ1) is 22.5. The Bertz CT molecular complexity index is 552. The van der Waals surface area contributed by atoms with Crippen molar-refractivity contribution in [1.29, 1.82) is 0 Å². The Labute approximate surface area is 161 Å². The maximum absolute atomic E-state index is 12.2. The Kier molecular flexibility index (Phi) is 10.3. The second kappa shape index (κ2) is 12.0. The number of nitrogens with one attached hydrogen (secondary N) is 2. The van der Waals surface area contributed by atoms with Crippen LogP contribution in [0.3, 0.4) is 0 Å². The SMILES string of the molecule is COCCOc1ccc(C(C)NC(=O)CC2COCCN2)cc1OC.Cl. The molecule has 0 bridgehead atoms. The number of amides is 1. The van der Waals surface area contributed by atoms with E-state index in [9.17, 15) is 4.79 Å². The zero-order valence-electron chi connectivity index (χ0n) is 15.6. The van der Waals surface area contributed by atoms with Crippen LogP contribution >= 0.6 is 12.4 Å². The Morgan fingerprint density at radius 1 is 1.35 bits per heavy atom.